The monoisotopic (exact) mass is 217 g/mol. The molecule has 0 aliphatic heterocycles. The molecule has 0 aromatic carbocycles. The van der Waals surface area contributed by atoms with Crippen LogP contribution < -0.4 is 5.11 Å². The van der Waals surface area contributed by atoms with Crippen molar-refractivity contribution in [3.8, 4) is 5.75 Å². The van der Waals surface area contributed by atoms with Gasteiger partial charge >= 0.3 is 5.82 Å². The van der Waals surface area contributed by atoms with Gasteiger partial charge in [-0.05, 0) is 37.7 Å². The van der Waals surface area contributed by atoms with Gasteiger partial charge in [-0.1, -0.05) is 0 Å². The van der Waals surface area contributed by atoms with E-state index in [1.165, 1.54) is 6.20 Å². The highest BCUT2D eigenvalue weighted by Crippen LogP contribution is 2.22. The van der Waals surface area contributed by atoms with E-state index in [1.54, 1.807) is 0 Å². The minimum absolute atomic E-state index is 0.438. The van der Waals surface area contributed by atoms with E-state index in [-0.39, 0.29) is 0 Å². The average molecular weight is 218 g/mol. The molecule has 11 heavy (non-hydrogen) atoms. The van der Waals surface area contributed by atoms with E-state index in [2.05, 4.69) is 20.9 Å². The summed E-state index contributed by atoms with van der Waals surface area (Å²) < 4.78 is 0.438. The van der Waals surface area contributed by atoms with E-state index >= 15 is 0 Å². The quantitative estimate of drug-likeness (QED) is 0.516. The Kier molecular flexibility index (Phi) is 2.04. The highest BCUT2D eigenvalue weighted by atomic mass is 79.9. The average Bonchev–Trinajstić information content (AvgIpc) is 1.85. The van der Waals surface area contributed by atoms with Crippen LogP contribution in [0.5, 0.6) is 5.75 Å². The van der Waals surface area contributed by atoms with Crippen LogP contribution in [0.25, 0.3) is 0 Å². The Morgan fingerprint density at radius 1 is 1.64 bits per heavy atom. The van der Waals surface area contributed by atoms with Gasteiger partial charge in [-0.3, -0.25) is 0 Å². The molecule has 0 aliphatic carbocycles. The van der Waals surface area contributed by atoms with Crippen molar-refractivity contribution in [1.82, 2.24) is 4.98 Å². The van der Waals surface area contributed by atoms with Crippen LogP contribution in [0.15, 0.2) is 16.7 Å². The topological polar surface area (TPSA) is 79.1 Å². The van der Waals surface area contributed by atoms with E-state index in [0.29, 0.717) is 4.47 Å². The first-order valence-corrected chi connectivity index (χ1v) is 3.37. The summed E-state index contributed by atoms with van der Waals surface area (Å²) in [6, 6.07) is 1.10. The molecule has 1 heterocycles. The maximum Gasteiger partial charge on any atom is 0.355 e. The molecular formula is C5H2BrN2O3-. The maximum atomic E-state index is 10.7. The number of rotatable bonds is 1. The second-order valence-electron chi connectivity index (χ2n) is 1.73. The molecule has 0 atom stereocenters. The lowest BCUT2D eigenvalue weighted by Crippen LogP contribution is -1.99. The molecule has 0 bridgehead atoms. The molecule has 1 rings (SSSR count). The summed E-state index contributed by atoms with van der Waals surface area (Å²) in [5, 5.41) is 20.8. The maximum absolute atomic E-state index is 10.7. The van der Waals surface area contributed by atoms with Crippen LogP contribution >= 0.6 is 15.9 Å². The second-order valence-corrected chi connectivity index (χ2v) is 2.65. The zero-order valence-corrected chi connectivity index (χ0v) is 6.74. The lowest BCUT2D eigenvalue weighted by Gasteiger charge is -2.03. The third-order valence-electron chi connectivity index (χ3n) is 0.972. The molecule has 1 aromatic rings. The first-order valence-electron chi connectivity index (χ1n) is 2.58. The van der Waals surface area contributed by atoms with Crippen LogP contribution in [0.4, 0.5) is 5.82 Å². The molecular weight excluding hydrogens is 216 g/mol. The number of aromatic nitrogens is 1. The molecule has 0 saturated carbocycles. The van der Waals surface area contributed by atoms with Gasteiger partial charge in [0.15, 0.2) is 6.20 Å². The van der Waals surface area contributed by atoms with Crippen LogP contribution in [0.1, 0.15) is 0 Å². The highest BCUT2D eigenvalue weighted by molar-refractivity contribution is 9.10. The minimum Gasteiger partial charge on any atom is -0.867 e. The van der Waals surface area contributed by atoms with Crippen LogP contribution in [0.2, 0.25) is 0 Å². The van der Waals surface area contributed by atoms with Gasteiger partial charge in [-0.2, -0.15) is 0 Å². The van der Waals surface area contributed by atoms with Gasteiger partial charge in [0, 0.05) is 0 Å². The summed E-state index contributed by atoms with van der Waals surface area (Å²) >= 11 is 2.96. The van der Waals surface area contributed by atoms with Crippen LogP contribution in [0.3, 0.4) is 0 Å². The summed E-state index contributed by atoms with van der Waals surface area (Å²) in [7, 11) is 0. The van der Waals surface area contributed by atoms with Crippen LogP contribution in [-0.2, 0) is 0 Å². The molecule has 0 amide bonds. The Labute approximate surface area is 70.0 Å². The number of hydrogen-bond donors (Lipinski definition) is 0. The zero-order valence-electron chi connectivity index (χ0n) is 5.15. The summed E-state index contributed by atoms with van der Waals surface area (Å²) in [5.74, 6) is -1.34. The van der Waals surface area contributed by atoms with Gasteiger partial charge in [-0.25, -0.2) is 0 Å². The smallest absolute Gasteiger partial charge is 0.355 e. The molecule has 0 spiro atoms. The summed E-state index contributed by atoms with van der Waals surface area (Å²) in [6.45, 7) is 0. The van der Waals surface area contributed by atoms with Crippen molar-refractivity contribution < 1.29 is 10.0 Å². The minimum atomic E-state index is -0.811. The normalized spacial score (nSPS) is 9.55. The van der Waals surface area contributed by atoms with Crippen LogP contribution in [-0.4, -0.2) is 9.91 Å². The molecule has 1 aromatic heterocycles. The number of hydrogen-bond acceptors (Lipinski definition) is 4. The fourth-order valence-electron chi connectivity index (χ4n) is 0.551. The molecule has 0 saturated heterocycles. The van der Waals surface area contributed by atoms with Crippen molar-refractivity contribution in [3.05, 3.63) is 26.9 Å². The Hall–Kier alpha value is -1.17. The largest absolute Gasteiger partial charge is 0.867 e. The van der Waals surface area contributed by atoms with E-state index < -0.39 is 16.5 Å². The van der Waals surface area contributed by atoms with Crippen molar-refractivity contribution in [3.63, 3.8) is 0 Å². The molecule has 6 heteroatoms. The lowest BCUT2D eigenvalue weighted by molar-refractivity contribution is -0.402. The predicted octanol–water partition coefficient (Wildman–Crippen LogP) is 0.826. The van der Waals surface area contributed by atoms with E-state index in [9.17, 15) is 15.2 Å². The molecule has 0 fully saturated rings. The Balaban J connectivity index is 3.20. The summed E-state index contributed by atoms with van der Waals surface area (Å²) in [6.07, 6.45) is 1.21. The second kappa shape index (κ2) is 2.83. The summed E-state index contributed by atoms with van der Waals surface area (Å²) in [4.78, 5) is 12.6. The van der Waals surface area contributed by atoms with Gasteiger partial charge in [-0.15, -0.1) is 0 Å². The van der Waals surface area contributed by atoms with Crippen LogP contribution in [0, 0.1) is 10.1 Å². The number of nitrogens with zero attached hydrogens (tertiary/aromatic N) is 2. The standard InChI is InChI=1S/C5H3BrN2O3/c6-3-1-4(9)5(7-2-3)8(10)11/h1-2,9H/p-1. The first-order chi connectivity index (χ1) is 5.11. The third kappa shape index (κ3) is 1.64. The molecule has 5 nitrogen and oxygen atoms in total. The van der Waals surface area contributed by atoms with Gasteiger partial charge in [0.25, 0.3) is 0 Å². The number of nitro groups is 1. The zero-order chi connectivity index (χ0) is 8.43. The Morgan fingerprint density at radius 3 is 2.73 bits per heavy atom. The van der Waals surface area contributed by atoms with Gasteiger partial charge in [0.2, 0.25) is 0 Å². The Bertz CT molecular complexity index is 302. The number of halogens is 1. The Morgan fingerprint density at radius 2 is 2.27 bits per heavy atom. The molecule has 58 valence electrons. The first kappa shape index (κ1) is 7.93. The SMILES string of the molecule is O=[N+]([O-])c1ncc(Br)cc1[O-]. The molecule has 0 aliphatic rings. The molecule has 0 unspecified atom stereocenters. The predicted molar refractivity (Wildman–Crippen MR) is 38.0 cm³/mol. The van der Waals surface area contributed by atoms with E-state index in [1.807, 2.05) is 0 Å². The van der Waals surface area contributed by atoms with E-state index in [4.69, 9.17) is 0 Å². The van der Waals surface area contributed by atoms with Gasteiger partial charge < -0.3 is 15.2 Å². The third-order valence-corrected chi connectivity index (χ3v) is 1.41. The molecule has 0 radical (unpaired) electrons. The van der Waals surface area contributed by atoms with Gasteiger partial charge in [0.05, 0.1) is 4.47 Å². The fourth-order valence-corrected chi connectivity index (χ4v) is 0.861. The lowest BCUT2D eigenvalue weighted by atomic mass is 10.4. The van der Waals surface area contributed by atoms with Crippen molar-refractivity contribution >= 4 is 21.7 Å². The highest BCUT2D eigenvalue weighted by Gasteiger charge is 2.07. The van der Waals surface area contributed by atoms with Gasteiger partial charge in [0.1, 0.15) is 0 Å². The van der Waals surface area contributed by atoms with Crippen molar-refractivity contribution in [2.24, 2.45) is 0 Å². The van der Waals surface area contributed by atoms with Crippen molar-refractivity contribution in [2.75, 3.05) is 0 Å². The molecule has 0 N–H and O–H groups in total. The van der Waals surface area contributed by atoms with Crippen molar-refractivity contribution in [2.45, 2.75) is 0 Å². The summed E-state index contributed by atoms with van der Waals surface area (Å²) in [5.41, 5.74) is 0. The van der Waals surface area contributed by atoms with E-state index in [0.717, 1.165) is 6.07 Å². The number of pyridine rings is 1. The fraction of sp³-hybridized carbons (Fsp3) is 0. The van der Waals surface area contributed by atoms with Crippen molar-refractivity contribution in [1.29, 1.82) is 0 Å².